The first-order valence-electron chi connectivity index (χ1n) is 11.2. The van der Waals surface area contributed by atoms with Crippen LogP contribution in [0.15, 0.2) is 66.2 Å². The van der Waals surface area contributed by atoms with Gasteiger partial charge in [-0.1, -0.05) is 53.6 Å². The Morgan fingerprint density at radius 2 is 1.67 bits per heavy atom. The second-order valence-corrected chi connectivity index (χ2v) is 8.79. The highest BCUT2D eigenvalue weighted by molar-refractivity contribution is 6.46. The molecule has 36 heavy (non-hydrogen) atoms. The molecule has 1 N–H and O–H groups in total. The number of halogens is 1. The maximum atomic E-state index is 13.4. The van der Waals surface area contributed by atoms with E-state index >= 15 is 0 Å². The molecule has 0 aliphatic carbocycles. The van der Waals surface area contributed by atoms with Gasteiger partial charge in [0.25, 0.3) is 11.7 Å². The number of benzene rings is 3. The van der Waals surface area contributed by atoms with Crippen LogP contribution in [0.2, 0.25) is 5.02 Å². The lowest BCUT2D eigenvalue weighted by molar-refractivity contribution is -0.140. The van der Waals surface area contributed by atoms with E-state index in [9.17, 15) is 14.7 Å². The van der Waals surface area contributed by atoms with Gasteiger partial charge in [0.15, 0.2) is 0 Å². The Kier molecular flexibility index (Phi) is 7.22. The number of ketones is 1. The quantitative estimate of drug-likeness (QED) is 0.265. The maximum absolute atomic E-state index is 13.4. The summed E-state index contributed by atoms with van der Waals surface area (Å²) in [5.41, 5.74) is 2.57. The van der Waals surface area contributed by atoms with Crippen LogP contribution in [0.5, 0.6) is 17.2 Å². The first kappa shape index (κ1) is 25.1. The molecule has 1 aliphatic heterocycles. The Hall–Kier alpha value is -3.97. The monoisotopic (exact) mass is 507 g/mol. The van der Waals surface area contributed by atoms with E-state index in [4.69, 9.17) is 25.8 Å². The topological polar surface area (TPSA) is 85.3 Å². The number of likely N-dealkylation sites (tertiary alicyclic amines) is 1. The third kappa shape index (κ3) is 4.62. The van der Waals surface area contributed by atoms with Crippen LogP contribution in [-0.4, -0.2) is 43.0 Å². The van der Waals surface area contributed by atoms with Crippen molar-refractivity contribution in [2.75, 3.05) is 21.3 Å². The minimum atomic E-state index is -0.831. The Morgan fingerprint density at radius 1 is 0.944 bits per heavy atom. The van der Waals surface area contributed by atoms with E-state index in [1.807, 2.05) is 43.3 Å². The molecule has 0 saturated carbocycles. The zero-order valence-electron chi connectivity index (χ0n) is 20.4. The van der Waals surface area contributed by atoms with Gasteiger partial charge in [0.1, 0.15) is 23.0 Å². The van der Waals surface area contributed by atoms with E-state index < -0.39 is 17.7 Å². The molecule has 7 nitrogen and oxygen atoms in total. The van der Waals surface area contributed by atoms with Crippen molar-refractivity contribution in [1.29, 1.82) is 0 Å². The molecule has 1 heterocycles. The van der Waals surface area contributed by atoms with Gasteiger partial charge < -0.3 is 24.2 Å². The summed E-state index contributed by atoms with van der Waals surface area (Å²) < 4.78 is 16.0. The number of methoxy groups -OCH3 is 3. The molecule has 1 saturated heterocycles. The average molecular weight is 508 g/mol. The summed E-state index contributed by atoms with van der Waals surface area (Å²) in [6.07, 6.45) is 0. The van der Waals surface area contributed by atoms with Crippen molar-refractivity contribution < 1.29 is 28.9 Å². The highest BCUT2D eigenvalue weighted by atomic mass is 35.5. The lowest BCUT2D eigenvalue weighted by atomic mass is 9.94. The van der Waals surface area contributed by atoms with Gasteiger partial charge in [-0.25, -0.2) is 0 Å². The fourth-order valence-electron chi connectivity index (χ4n) is 4.39. The number of hydrogen-bond acceptors (Lipinski definition) is 6. The van der Waals surface area contributed by atoms with Gasteiger partial charge in [-0.3, -0.25) is 9.59 Å². The van der Waals surface area contributed by atoms with Crippen LogP contribution in [0.3, 0.4) is 0 Å². The van der Waals surface area contributed by atoms with E-state index in [0.717, 1.165) is 11.1 Å². The Morgan fingerprint density at radius 3 is 2.33 bits per heavy atom. The van der Waals surface area contributed by atoms with Gasteiger partial charge >= 0.3 is 0 Å². The van der Waals surface area contributed by atoms with Gasteiger partial charge in [0, 0.05) is 12.6 Å². The van der Waals surface area contributed by atoms with Crippen molar-refractivity contribution in [1.82, 2.24) is 4.90 Å². The van der Waals surface area contributed by atoms with Crippen LogP contribution in [0.1, 0.15) is 28.3 Å². The van der Waals surface area contributed by atoms with E-state index in [-0.39, 0.29) is 40.0 Å². The van der Waals surface area contributed by atoms with Crippen LogP contribution < -0.4 is 14.2 Å². The number of hydrogen-bond donors (Lipinski definition) is 1. The number of amides is 1. The summed E-state index contributed by atoms with van der Waals surface area (Å²) in [5, 5.41) is 11.8. The average Bonchev–Trinajstić information content (AvgIpc) is 3.13. The maximum Gasteiger partial charge on any atom is 0.295 e. The van der Waals surface area contributed by atoms with Gasteiger partial charge in [-0.2, -0.15) is 0 Å². The molecule has 4 rings (SSSR count). The lowest BCUT2D eigenvalue weighted by Gasteiger charge is -2.26. The van der Waals surface area contributed by atoms with E-state index in [2.05, 4.69) is 0 Å². The number of nitrogens with zero attached hydrogens (tertiary/aromatic N) is 1. The molecule has 0 aromatic heterocycles. The van der Waals surface area contributed by atoms with Crippen molar-refractivity contribution >= 4 is 29.1 Å². The normalized spacial score (nSPS) is 16.8. The molecule has 8 heteroatoms. The highest BCUT2D eigenvalue weighted by Crippen LogP contribution is 2.43. The van der Waals surface area contributed by atoms with Gasteiger partial charge in [-0.05, 0) is 36.2 Å². The molecule has 186 valence electrons. The van der Waals surface area contributed by atoms with Crippen molar-refractivity contribution in [2.45, 2.75) is 19.5 Å². The Bertz CT molecular complexity index is 1370. The molecule has 0 radical (unpaired) electrons. The number of carbonyl (C=O) groups is 2. The van der Waals surface area contributed by atoms with Crippen molar-refractivity contribution in [3.63, 3.8) is 0 Å². The first-order valence-corrected chi connectivity index (χ1v) is 11.6. The predicted molar refractivity (Wildman–Crippen MR) is 137 cm³/mol. The summed E-state index contributed by atoms with van der Waals surface area (Å²) in [5.74, 6) is -0.727. The molecular formula is C28H26ClNO6. The highest BCUT2D eigenvalue weighted by Gasteiger charge is 2.46. The summed E-state index contributed by atoms with van der Waals surface area (Å²) in [6, 6.07) is 16.9. The number of rotatable bonds is 7. The fraction of sp³-hybridized carbons (Fsp3) is 0.214. The van der Waals surface area contributed by atoms with Crippen molar-refractivity contribution in [2.24, 2.45) is 0 Å². The standard InChI is InChI=1S/C28H26ClNO6/c1-16-7-5-9-18(11-16)25-24(26(31)20-13-23(36-4)21(29)14-22(20)35-3)27(32)28(33)30(25)15-17-8-6-10-19(12-17)34-2/h5-14,25,31H,15H2,1-4H3/b26-24+. The van der Waals surface area contributed by atoms with Crippen LogP contribution in [0.25, 0.3) is 5.76 Å². The molecule has 1 amide bonds. The summed E-state index contributed by atoms with van der Waals surface area (Å²) in [6.45, 7) is 2.06. The molecule has 0 spiro atoms. The Balaban J connectivity index is 1.92. The van der Waals surface area contributed by atoms with Gasteiger partial charge in [-0.15, -0.1) is 0 Å². The minimum Gasteiger partial charge on any atom is -0.507 e. The SMILES string of the molecule is COc1cccc(CN2C(=O)C(=O)/C(=C(/O)c3cc(OC)c(Cl)cc3OC)C2c2cccc(C)c2)c1. The van der Waals surface area contributed by atoms with Gasteiger partial charge in [0.05, 0.1) is 43.5 Å². The second kappa shape index (κ2) is 10.3. The van der Waals surface area contributed by atoms with Crippen LogP contribution in [-0.2, 0) is 16.1 Å². The third-order valence-electron chi connectivity index (χ3n) is 6.11. The molecule has 1 atom stereocenters. The van der Waals surface area contributed by atoms with Crippen molar-refractivity contribution in [3.05, 3.63) is 93.5 Å². The van der Waals surface area contributed by atoms with Crippen LogP contribution in [0.4, 0.5) is 0 Å². The Labute approximate surface area is 214 Å². The van der Waals surface area contributed by atoms with E-state index in [1.165, 1.54) is 31.3 Å². The lowest BCUT2D eigenvalue weighted by Crippen LogP contribution is -2.29. The van der Waals surface area contributed by atoms with E-state index in [0.29, 0.717) is 11.3 Å². The summed E-state index contributed by atoms with van der Waals surface area (Å²) >= 11 is 6.23. The number of ether oxygens (including phenoxy) is 3. The number of aliphatic hydroxyl groups is 1. The molecule has 0 bridgehead atoms. The van der Waals surface area contributed by atoms with Gasteiger partial charge in [0.2, 0.25) is 0 Å². The number of carbonyl (C=O) groups excluding carboxylic acids is 2. The number of aryl methyl sites for hydroxylation is 1. The molecule has 3 aromatic carbocycles. The van der Waals surface area contributed by atoms with Crippen LogP contribution >= 0.6 is 11.6 Å². The molecule has 1 unspecified atom stereocenters. The zero-order valence-corrected chi connectivity index (χ0v) is 21.1. The largest absolute Gasteiger partial charge is 0.507 e. The summed E-state index contributed by atoms with van der Waals surface area (Å²) in [7, 11) is 4.43. The second-order valence-electron chi connectivity index (χ2n) is 8.38. The zero-order chi connectivity index (χ0) is 26.0. The third-order valence-corrected chi connectivity index (χ3v) is 6.41. The van der Waals surface area contributed by atoms with Crippen molar-refractivity contribution in [3.8, 4) is 17.2 Å². The fourth-order valence-corrected chi connectivity index (χ4v) is 4.62. The molecule has 3 aromatic rings. The minimum absolute atomic E-state index is 0.0452. The number of aliphatic hydroxyl groups excluding tert-OH is 1. The number of Topliss-reactive ketones (excluding diaryl/α,β-unsaturated/α-hetero) is 1. The van der Waals surface area contributed by atoms with Crippen LogP contribution in [0, 0.1) is 6.92 Å². The smallest absolute Gasteiger partial charge is 0.295 e. The molecule has 1 fully saturated rings. The molecule has 1 aliphatic rings. The summed E-state index contributed by atoms with van der Waals surface area (Å²) in [4.78, 5) is 28.2. The first-order chi connectivity index (χ1) is 17.3. The predicted octanol–water partition coefficient (Wildman–Crippen LogP) is 5.30. The molecular weight excluding hydrogens is 482 g/mol. The van der Waals surface area contributed by atoms with E-state index in [1.54, 1.807) is 19.2 Å².